The highest BCUT2D eigenvalue weighted by Gasteiger charge is 2.19. The van der Waals surface area contributed by atoms with E-state index >= 15 is 0 Å². The summed E-state index contributed by atoms with van der Waals surface area (Å²) in [4.78, 5) is 13.5. The molecular formula is C40H38O7. The molecule has 240 valence electrons. The van der Waals surface area contributed by atoms with Crippen molar-refractivity contribution in [2.75, 3.05) is 21.3 Å². The lowest BCUT2D eigenvalue weighted by Crippen LogP contribution is -2.07. The molecule has 0 N–H and O–H groups in total. The average Bonchev–Trinajstić information content (AvgIpc) is 3.13. The molecule has 0 amide bonds. The molecule has 0 fully saturated rings. The number of carbonyl (C=O) groups excluding carboxylic acids is 1. The van der Waals surface area contributed by atoms with Gasteiger partial charge in [0.15, 0.2) is 35.1 Å². The van der Waals surface area contributed by atoms with Crippen molar-refractivity contribution in [2.24, 2.45) is 0 Å². The van der Waals surface area contributed by atoms with E-state index in [0.717, 1.165) is 16.7 Å². The Labute approximate surface area is 275 Å². The summed E-state index contributed by atoms with van der Waals surface area (Å²) in [7, 11) is 4.69. The lowest BCUT2D eigenvalue weighted by Gasteiger charge is -2.20. The van der Waals surface area contributed by atoms with Gasteiger partial charge >= 0.3 is 0 Å². The van der Waals surface area contributed by atoms with Gasteiger partial charge in [-0.25, -0.2) is 0 Å². The molecule has 5 rings (SSSR count). The second-order valence-electron chi connectivity index (χ2n) is 10.6. The molecule has 0 aliphatic heterocycles. The van der Waals surface area contributed by atoms with E-state index in [1.165, 1.54) is 6.08 Å². The van der Waals surface area contributed by atoms with Gasteiger partial charge in [0.1, 0.15) is 19.8 Å². The van der Waals surface area contributed by atoms with Gasteiger partial charge in [-0.1, -0.05) is 91.0 Å². The Balaban J connectivity index is 1.45. The van der Waals surface area contributed by atoms with Crippen LogP contribution in [0.2, 0.25) is 0 Å². The molecule has 0 unspecified atom stereocenters. The highest BCUT2D eigenvalue weighted by molar-refractivity contribution is 6.07. The van der Waals surface area contributed by atoms with Gasteiger partial charge in [-0.05, 0) is 59.2 Å². The van der Waals surface area contributed by atoms with Crippen LogP contribution in [0, 0.1) is 0 Å². The molecule has 0 atom stereocenters. The number of methoxy groups -OCH3 is 3. The molecule has 0 saturated carbocycles. The predicted octanol–water partition coefficient (Wildman–Crippen LogP) is 8.62. The van der Waals surface area contributed by atoms with E-state index in [1.54, 1.807) is 45.6 Å². The first kappa shape index (κ1) is 33.0. The zero-order valence-electron chi connectivity index (χ0n) is 26.8. The third kappa shape index (κ3) is 9.10. The number of ketones is 1. The van der Waals surface area contributed by atoms with Gasteiger partial charge in [0, 0.05) is 30.9 Å². The van der Waals surface area contributed by atoms with Gasteiger partial charge in [-0.15, -0.1) is 0 Å². The van der Waals surface area contributed by atoms with E-state index in [0.29, 0.717) is 59.5 Å². The summed E-state index contributed by atoms with van der Waals surface area (Å²) >= 11 is 0. The van der Waals surface area contributed by atoms with Crippen molar-refractivity contribution >= 4 is 11.9 Å². The number of hydrogen-bond acceptors (Lipinski definition) is 7. The Hall–Kier alpha value is -5.37. The van der Waals surface area contributed by atoms with E-state index in [9.17, 15) is 4.79 Å². The van der Waals surface area contributed by atoms with Crippen LogP contribution in [0.4, 0.5) is 0 Å². The topological polar surface area (TPSA) is 72.5 Å². The van der Waals surface area contributed by atoms with Crippen molar-refractivity contribution in [1.29, 1.82) is 0 Å². The maximum atomic E-state index is 13.5. The maximum absolute atomic E-state index is 13.5. The van der Waals surface area contributed by atoms with Crippen LogP contribution in [-0.4, -0.2) is 27.1 Å². The number of carbonyl (C=O) groups is 1. The van der Waals surface area contributed by atoms with E-state index in [1.807, 2.05) is 103 Å². The van der Waals surface area contributed by atoms with Crippen LogP contribution >= 0.6 is 0 Å². The highest BCUT2D eigenvalue weighted by atomic mass is 16.7. The molecule has 5 aromatic rings. The number of ether oxygens (including phenoxy) is 6. The van der Waals surface area contributed by atoms with Crippen LogP contribution in [0.5, 0.6) is 23.0 Å². The molecule has 47 heavy (non-hydrogen) atoms. The summed E-state index contributed by atoms with van der Waals surface area (Å²) in [5, 5.41) is 0. The van der Waals surface area contributed by atoms with Gasteiger partial charge in [-0.2, -0.15) is 0 Å². The Morgan fingerprint density at radius 3 is 1.66 bits per heavy atom. The van der Waals surface area contributed by atoms with Crippen molar-refractivity contribution in [1.82, 2.24) is 0 Å². The summed E-state index contributed by atoms with van der Waals surface area (Å²) in [6, 6.07) is 38.4. The first-order valence-corrected chi connectivity index (χ1v) is 15.2. The van der Waals surface area contributed by atoms with Crippen molar-refractivity contribution in [3.05, 3.63) is 161 Å². The predicted molar refractivity (Wildman–Crippen MR) is 182 cm³/mol. The van der Waals surface area contributed by atoms with Crippen LogP contribution in [-0.2, 0) is 29.3 Å². The fourth-order valence-electron chi connectivity index (χ4n) is 4.94. The van der Waals surface area contributed by atoms with E-state index in [2.05, 4.69) is 0 Å². The van der Waals surface area contributed by atoms with E-state index < -0.39 is 6.29 Å². The van der Waals surface area contributed by atoms with Crippen LogP contribution in [0.15, 0.2) is 127 Å². The summed E-state index contributed by atoms with van der Waals surface area (Å²) < 4.78 is 35.4. The van der Waals surface area contributed by atoms with E-state index in [4.69, 9.17) is 28.4 Å². The summed E-state index contributed by atoms with van der Waals surface area (Å²) in [5.41, 5.74) is 4.80. The molecule has 0 aliphatic rings. The molecule has 0 aromatic heterocycles. The van der Waals surface area contributed by atoms with Crippen molar-refractivity contribution in [3.63, 3.8) is 0 Å². The van der Waals surface area contributed by atoms with Crippen LogP contribution < -0.4 is 18.9 Å². The largest absolute Gasteiger partial charge is 0.493 e. The third-order valence-corrected chi connectivity index (χ3v) is 7.37. The number of hydrogen-bond donors (Lipinski definition) is 0. The molecule has 7 heteroatoms. The van der Waals surface area contributed by atoms with Crippen molar-refractivity contribution in [3.8, 4) is 23.0 Å². The SMILES string of the molecule is COc1cc(C(=O)/C=C/c2cc(C(OC)OC)cc(OCc3ccccc3)c2OCc2ccccc2)ccc1OCc1ccccc1. The van der Waals surface area contributed by atoms with Crippen molar-refractivity contribution < 1.29 is 33.2 Å². The van der Waals surface area contributed by atoms with Crippen LogP contribution in [0.3, 0.4) is 0 Å². The van der Waals surface area contributed by atoms with Gasteiger partial charge in [-0.3, -0.25) is 4.79 Å². The van der Waals surface area contributed by atoms with E-state index in [-0.39, 0.29) is 5.78 Å². The molecule has 5 aromatic carbocycles. The third-order valence-electron chi connectivity index (χ3n) is 7.37. The van der Waals surface area contributed by atoms with Crippen LogP contribution in [0.1, 0.15) is 44.5 Å². The Morgan fingerprint density at radius 1 is 0.596 bits per heavy atom. The second kappa shape index (κ2) is 16.8. The fraction of sp³-hybridized carbons (Fsp3) is 0.175. The minimum Gasteiger partial charge on any atom is -0.493 e. The maximum Gasteiger partial charge on any atom is 0.185 e. The average molecular weight is 631 g/mol. The van der Waals surface area contributed by atoms with Gasteiger partial charge in [0.05, 0.1) is 7.11 Å². The highest BCUT2D eigenvalue weighted by Crippen LogP contribution is 2.38. The molecule has 7 nitrogen and oxygen atoms in total. The Morgan fingerprint density at radius 2 is 1.13 bits per heavy atom. The molecule has 0 radical (unpaired) electrons. The lowest BCUT2D eigenvalue weighted by atomic mass is 10.0. The Kier molecular flexibility index (Phi) is 11.8. The second-order valence-corrected chi connectivity index (χ2v) is 10.6. The first-order chi connectivity index (χ1) is 23.1. The summed E-state index contributed by atoms with van der Waals surface area (Å²) in [6.07, 6.45) is 2.56. The standard InChI is InChI=1S/C40H38O7/c1-42-37-24-32(20-22-36(37)45-26-29-13-7-4-8-14-29)35(41)21-19-33-23-34(40(43-2)44-3)25-38(46-27-30-15-9-5-10-16-30)39(33)47-28-31-17-11-6-12-18-31/h4-25,40H,26-28H2,1-3H3/b21-19+. The molecule has 0 spiro atoms. The number of benzene rings is 5. The van der Waals surface area contributed by atoms with Crippen molar-refractivity contribution in [2.45, 2.75) is 26.1 Å². The Bertz CT molecular complexity index is 1750. The zero-order valence-corrected chi connectivity index (χ0v) is 26.8. The minimum absolute atomic E-state index is 0.223. The summed E-state index contributed by atoms with van der Waals surface area (Å²) in [6.45, 7) is 0.999. The molecular weight excluding hydrogens is 592 g/mol. The van der Waals surface area contributed by atoms with Gasteiger partial charge in [0.2, 0.25) is 0 Å². The number of allylic oxidation sites excluding steroid dienone is 1. The lowest BCUT2D eigenvalue weighted by molar-refractivity contribution is -0.106. The first-order valence-electron chi connectivity index (χ1n) is 15.2. The van der Waals surface area contributed by atoms with Gasteiger partial charge in [0.25, 0.3) is 0 Å². The van der Waals surface area contributed by atoms with Crippen LogP contribution in [0.25, 0.3) is 6.08 Å². The quantitative estimate of drug-likeness (QED) is 0.0614. The fourth-order valence-corrected chi connectivity index (χ4v) is 4.94. The molecule has 0 aliphatic carbocycles. The molecule has 0 bridgehead atoms. The molecule has 0 heterocycles. The minimum atomic E-state index is -0.659. The zero-order chi connectivity index (χ0) is 32.8. The monoisotopic (exact) mass is 630 g/mol. The molecule has 0 saturated heterocycles. The summed E-state index contributed by atoms with van der Waals surface area (Å²) in [5.74, 6) is 1.78. The number of rotatable bonds is 16. The normalized spacial score (nSPS) is 11.1. The van der Waals surface area contributed by atoms with Gasteiger partial charge < -0.3 is 28.4 Å². The smallest absolute Gasteiger partial charge is 0.185 e.